The fourth-order valence-corrected chi connectivity index (χ4v) is 2.03. The molecule has 3 heteroatoms. The smallest absolute Gasteiger partial charge is 0.108 e. The van der Waals surface area contributed by atoms with Gasteiger partial charge in [-0.1, -0.05) is 37.1 Å². The van der Waals surface area contributed by atoms with Gasteiger partial charge in [-0.05, 0) is 18.9 Å². The van der Waals surface area contributed by atoms with Gasteiger partial charge in [0.1, 0.15) is 5.69 Å². The summed E-state index contributed by atoms with van der Waals surface area (Å²) in [5.41, 5.74) is 5.25. The van der Waals surface area contributed by atoms with E-state index >= 15 is 0 Å². The number of hydrogen-bond acceptors (Lipinski definition) is 2. The Bertz CT molecular complexity index is 600. The summed E-state index contributed by atoms with van der Waals surface area (Å²) in [5.74, 6) is 6.10. The number of benzene rings is 1. The molecule has 1 N–H and O–H groups in total. The molecule has 0 aliphatic carbocycles. The third-order valence-electron chi connectivity index (χ3n) is 2.98. The lowest BCUT2D eigenvalue weighted by molar-refractivity contribution is 0.185. The van der Waals surface area contributed by atoms with Crippen molar-refractivity contribution in [2.24, 2.45) is 0 Å². The zero-order valence-electron chi connectivity index (χ0n) is 11.6. The number of aromatic nitrogens is 2. The van der Waals surface area contributed by atoms with Crippen LogP contribution in [-0.4, -0.2) is 17.3 Å². The second kappa shape index (κ2) is 6.21. The Labute approximate surface area is 114 Å². The lowest BCUT2D eigenvalue weighted by atomic mass is 10.0. The summed E-state index contributed by atoms with van der Waals surface area (Å²) in [6.45, 7) is 4.57. The standard InChI is InChI=1S/C16H18N2O/c1-4-6-14-15(5-2)17-18-16(14)13-9-7-12(8-10-13)11-19-3/h7-10H,5,11H2,1-3H3,(H,17,18). The lowest BCUT2D eigenvalue weighted by Gasteiger charge is -2.02. The summed E-state index contributed by atoms with van der Waals surface area (Å²) in [6.07, 6.45) is 0.902. The largest absolute Gasteiger partial charge is 0.380 e. The molecule has 0 atom stereocenters. The van der Waals surface area contributed by atoms with Crippen LogP contribution < -0.4 is 0 Å². The monoisotopic (exact) mass is 254 g/mol. The molecule has 3 nitrogen and oxygen atoms in total. The summed E-state index contributed by atoms with van der Waals surface area (Å²) in [7, 11) is 1.70. The summed E-state index contributed by atoms with van der Waals surface area (Å²) in [5, 5.41) is 7.46. The van der Waals surface area contributed by atoms with E-state index in [2.05, 4.69) is 53.2 Å². The van der Waals surface area contributed by atoms with Gasteiger partial charge in [-0.25, -0.2) is 0 Å². The molecule has 1 aromatic heterocycles. The molecule has 0 spiro atoms. The number of hydrogen-bond donors (Lipinski definition) is 1. The van der Waals surface area contributed by atoms with Gasteiger partial charge in [0.25, 0.3) is 0 Å². The van der Waals surface area contributed by atoms with Crippen molar-refractivity contribution in [3.63, 3.8) is 0 Å². The van der Waals surface area contributed by atoms with E-state index in [4.69, 9.17) is 4.74 Å². The predicted octanol–water partition coefficient (Wildman–Crippen LogP) is 3.16. The topological polar surface area (TPSA) is 37.9 Å². The molecule has 0 unspecified atom stereocenters. The van der Waals surface area contributed by atoms with Crippen molar-refractivity contribution in [1.82, 2.24) is 10.2 Å². The molecule has 0 saturated heterocycles. The molecule has 0 aliphatic heterocycles. The zero-order valence-corrected chi connectivity index (χ0v) is 11.6. The van der Waals surface area contributed by atoms with Gasteiger partial charge in [0.15, 0.2) is 0 Å². The molecule has 0 bridgehead atoms. The highest BCUT2D eigenvalue weighted by atomic mass is 16.5. The van der Waals surface area contributed by atoms with E-state index in [9.17, 15) is 0 Å². The first kappa shape index (κ1) is 13.4. The first-order valence-electron chi connectivity index (χ1n) is 6.38. The van der Waals surface area contributed by atoms with Gasteiger partial charge in [0.2, 0.25) is 0 Å². The van der Waals surface area contributed by atoms with Crippen LogP contribution in [0.4, 0.5) is 0 Å². The van der Waals surface area contributed by atoms with Gasteiger partial charge >= 0.3 is 0 Å². The van der Waals surface area contributed by atoms with Crippen molar-refractivity contribution in [3.8, 4) is 23.1 Å². The fourth-order valence-electron chi connectivity index (χ4n) is 2.03. The van der Waals surface area contributed by atoms with Gasteiger partial charge in [0, 0.05) is 12.7 Å². The van der Waals surface area contributed by atoms with Crippen LogP contribution in [-0.2, 0) is 17.8 Å². The van der Waals surface area contributed by atoms with E-state index in [0.717, 1.165) is 34.5 Å². The molecule has 1 aromatic carbocycles. The zero-order chi connectivity index (χ0) is 13.7. The molecule has 2 rings (SSSR count). The average molecular weight is 254 g/mol. The number of H-pyrrole nitrogens is 1. The van der Waals surface area contributed by atoms with Crippen LogP contribution in [0.3, 0.4) is 0 Å². The third-order valence-corrected chi connectivity index (χ3v) is 2.98. The van der Waals surface area contributed by atoms with E-state index < -0.39 is 0 Å². The molecule has 0 fully saturated rings. The Morgan fingerprint density at radius 2 is 2.00 bits per heavy atom. The Kier molecular flexibility index (Phi) is 4.38. The Morgan fingerprint density at radius 1 is 1.26 bits per heavy atom. The molecule has 1 heterocycles. The third kappa shape index (κ3) is 2.86. The van der Waals surface area contributed by atoms with Gasteiger partial charge < -0.3 is 4.74 Å². The molecule has 0 saturated carbocycles. The number of nitrogens with one attached hydrogen (secondary N) is 1. The summed E-state index contributed by atoms with van der Waals surface area (Å²) in [4.78, 5) is 0. The molecule has 0 amide bonds. The molecule has 19 heavy (non-hydrogen) atoms. The first-order valence-corrected chi connectivity index (χ1v) is 6.38. The first-order chi connectivity index (χ1) is 9.30. The van der Waals surface area contributed by atoms with Crippen LogP contribution in [0.25, 0.3) is 11.3 Å². The number of aromatic amines is 1. The minimum Gasteiger partial charge on any atom is -0.380 e. The molecular formula is C16H18N2O. The van der Waals surface area contributed by atoms with E-state index in [-0.39, 0.29) is 0 Å². The maximum atomic E-state index is 5.11. The quantitative estimate of drug-likeness (QED) is 0.851. The highest BCUT2D eigenvalue weighted by molar-refractivity contribution is 5.68. The fraction of sp³-hybridized carbons (Fsp3) is 0.312. The SMILES string of the molecule is CC#Cc1c(-c2ccc(COC)cc2)n[nH]c1CC. The molecule has 0 radical (unpaired) electrons. The number of ether oxygens (including phenoxy) is 1. The van der Waals surface area contributed by atoms with Gasteiger partial charge in [-0.3, -0.25) is 5.10 Å². The van der Waals surface area contributed by atoms with Crippen molar-refractivity contribution in [1.29, 1.82) is 0 Å². The number of methoxy groups -OCH3 is 1. The predicted molar refractivity (Wildman–Crippen MR) is 76.7 cm³/mol. The van der Waals surface area contributed by atoms with Gasteiger partial charge in [-0.15, -0.1) is 5.92 Å². The Hall–Kier alpha value is -2.05. The Balaban J connectivity index is 2.40. The Morgan fingerprint density at radius 3 is 2.58 bits per heavy atom. The van der Waals surface area contributed by atoms with Crippen LogP contribution in [0.2, 0.25) is 0 Å². The number of rotatable bonds is 4. The van der Waals surface area contributed by atoms with Crippen molar-refractivity contribution in [2.75, 3.05) is 7.11 Å². The van der Waals surface area contributed by atoms with Crippen LogP contribution in [0, 0.1) is 11.8 Å². The maximum absolute atomic E-state index is 5.11. The molecule has 2 aromatic rings. The van der Waals surface area contributed by atoms with Crippen molar-refractivity contribution in [3.05, 3.63) is 41.1 Å². The average Bonchev–Trinajstić information content (AvgIpc) is 2.83. The van der Waals surface area contributed by atoms with E-state index in [0.29, 0.717) is 6.61 Å². The van der Waals surface area contributed by atoms with Crippen LogP contribution in [0.15, 0.2) is 24.3 Å². The van der Waals surface area contributed by atoms with E-state index in [1.165, 1.54) is 0 Å². The van der Waals surface area contributed by atoms with Crippen molar-refractivity contribution in [2.45, 2.75) is 26.9 Å². The number of nitrogens with zero attached hydrogens (tertiary/aromatic N) is 1. The normalized spacial score (nSPS) is 10.1. The van der Waals surface area contributed by atoms with Crippen LogP contribution in [0.1, 0.15) is 30.7 Å². The lowest BCUT2D eigenvalue weighted by Crippen LogP contribution is -1.89. The van der Waals surface area contributed by atoms with E-state index in [1.807, 2.05) is 6.92 Å². The minimum absolute atomic E-state index is 0.628. The summed E-state index contributed by atoms with van der Waals surface area (Å²) in [6, 6.07) is 8.24. The number of aryl methyl sites for hydroxylation is 1. The summed E-state index contributed by atoms with van der Waals surface area (Å²) < 4.78 is 5.11. The maximum Gasteiger partial charge on any atom is 0.108 e. The molecule has 98 valence electrons. The van der Waals surface area contributed by atoms with Crippen molar-refractivity contribution < 1.29 is 4.74 Å². The van der Waals surface area contributed by atoms with Crippen LogP contribution in [0.5, 0.6) is 0 Å². The highest BCUT2D eigenvalue weighted by Gasteiger charge is 2.11. The minimum atomic E-state index is 0.628. The van der Waals surface area contributed by atoms with Gasteiger partial charge in [-0.2, -0.15) is 5.10 Å². The highest BCUT2D eigenvalue weighted by Crippen LogP contribution is 2.24. The second-order valence-electron chi connectivity index (χ2n) is 4.28. The molecule has 0 aliphatic rings. The molecular weight excluding hydrogens is 236 g/mol. The van der Waals surface area contributed by atoms with Gasteiger partial charge in [0.05, 0.1) is 17.9 Å². The second-order valence-corrected chi connectivity index (χ2v) is 4.28. The van der Waals surface area contributed by atoms with Crippen molar-refractivity contribution >= 4 is 0 Å². The van der Waals surface area contributed by atoms with E-state index in [1.54, 1.807) is 7.11 Å². The summed E-state index contributed by atoms with van der Waals surface area (Å²) >= 11 is 0. The van der Waals surface area contributed by atoms with Crippen LogP contribution >= 0.6 is 0 Å².